The van der Waals surface area contributed by atoms with E-state index in [1.54, 1.807) is 41.9 Å². The number of aliphatic hydroxyl groups excluding tert-OH is 1. The topological polar surface area (TPSA) is 90.9 Å². The van der Waals surface area contributed by atoms with E-state index in [2.05, 4.69) is 20.3 Å². The number of benzene rings is 2. The number of halogens is 1. The minimum atomic E-state index is -1.28. The summed E-state index contributed by atoms with van der Waals surface area (Å²) in [4.78, 5) is 24.2. The van der Waals surface area contributed by atoms with E-state index in [4.69, 9.17) is 11.6 Å². The first kappa shape index (κ1) is 16.7. The smallest absolute Gasteiger partial charge is 0.257 e. The Labute approximate surface area is 157 Å². The van der Waals surface area contributed by atoms with Crippen molar-refractivity contribution in [1.29, 1.82) is 0 Å². The van der Waals surface area contributed by atoms with Gasteiger partial charge in [-0.3, -0.25) is 4.79 Å². The van der Waals surface area contributed by atoms with E-state index in [9.17, 15) is 9.90 Å². The summed E-state index contributed by atoms with van der Waals surface area (Å²) in [6.07, 6.45) is -1.28. The Bertz CT molecular complexity index is 1060. The number of aromatic amines is 1. The lowest BCUT2D eigenvalue weighted by molar-refractivity contribution is -0.124. The molecular formula is C18H13ClN4O2S. The number of thiazole rings is 1. The third kappa shape index (κ3) is 3.32. The maximum Gasteiger partial charge on any atom is 0.257 e. The van der Waals surface area contributed by atoms with Gasteiger partial charge in [0, 0.05) is 16.1 Å². The van der Waals surface area contributed by atoms with E-state index in [-0.39, 0.29) is 0 Å². The van der Waals surface area contributed by atoms with Crippen LogP contribution in [0.4, 0.5) is 5.69 Å². The van der Waals surface area contributed by atoms with Crippen molar-refractivity contribution < 1.29 is 9.90 Å². The van der Waals surface area contributed by atoms with Crippen LogP contribution in [0.5, 0.6) is 0 Å². The van der Waals surface area contributed by atoms with Crippen LogP contribution >= 0.6 is 22.9 Å². The van der Waals surface area contributed by atoms with Crippen LogP contribution < -0.4 is 5.32 Å². The fourth-order valence-corrected chi connectivity index (χ4v) is 3.20. The molecule has 0 aliphatic rings. The zero-order chi connectivity index (χ0) is 18.1. The summed E-state index contributed by atoms with van der Waals surface area (Å²) >= 11 is 7.32. The minimum absolute atomic E-state index is 0.471. The van der Waals surface area contributed by atoms with Crippen molar-refractivity contribution in [2.45, 2.75) is 6.10 Å². The molecule has 130 valence electrons. The van der Waals surface area contributed by atoms with E-state index >= 15 is 0 Å². The number of anilines is 1. The molecule has 8 heteroatoms. The highest BCUT2D eigenvalue weighted by Crippen LogP contribution is 2.24. The number of imidazole rings is 1. The fraction of sp³-hybridized carbons (Fsp3) is 0.0556. The highest BCUT2D eigenvalue weighted by atomic mass is 35.5. The summed E-state index contributed by atoms with van der Waals surface area (Å²) in [6, 6.07) is 11.8. The minimum Gasteiger partial charge on any atom is -0.378 e. The quantitative estimate of drug-likeness (QED) is 0.495. The second-order valence-electron chi connectivity index (χ2n) is 5.63. The first-order valence-corrected chi connectivity index (χ1v) is 9.05. The van der Waals surface area contributed by atoms with Crippen LogP contribution in [-0.4, -0.2) is 26.0 Å². The maximum atomic E-state index is 12.3. The molecule has 0 unspecified atom stereocenters. The lowest BCUT2D eigenvalue weighted by atomic mass is 10.1. The number of amides is 1. The molecular weight excluding hydrogens is 372 g/mol. The fourth-order valence-electron chi connectivity index (χ4n) is 2.54. The number of nitrogens with zero attached hydrogens (tertiary/aromatic N) is 2. The lowest BCUT2D eigenvalue weighted by Gasteiger charge is -2.11. The molecule has 0 aliphatic carbocycles. The molecule has 26 heavy (non-hydrogen) atoms. The Balaban J connectivity index is 1.55. The molecule has 0 aliphatic heterocycles. The summed E-state index contributed by atoms with van der Waals surface area (Å²) in [7, 11) is 0. The zero-order valence-corrected chi connectivity index (χ0v) is 14.9. The Morgan fingerprint density at radius 2 is 2.04 bits per heavy atom. The van der Waals surface area contributed by atoms with Gasteiger partial charge in [-0.25, -0.2) is 9.97 Å². The molecule has 6 nitrogen and oxygen atoms in total. The molecule has 4 aromatic rings. The molecule has 0 saturated carbocycles. The van der Waals surface area contributed by atoms with Crippen molar-refractivity contribution in [2.24, 2.45) is 0 Å². The van der Waals surface area contributed by atoms with Gasteiger partial charge in [-0.1, -0.05) is 23.7 Å². The molecule has 2 heterocycles. The number of carbonyl (C=O) groups is 1. The summed E-state index contributed by atoms with van der Waals surface area (Å²) in [6.45, 7) is 0. The molecule has 3 N–H and O–H groups in total. The molecule has 1 atom stereocenters. The predicted octanol–water partition coefficient (Wildman–Crippen LogP) is 4.01. The van der Waals surface area contributed by atoms with Gasteiger partial charge in [0.25, 0.3) is 5.91 Å². The third-order valence-corrected chi connectivity index (χ3v) is 4.70. The SMILES string of the molecule is O=C(Nc1ccc2[nH]c(-c3cscn3)nc2c1)[C@H](O)c1ccc(Cl)cc1. The Morgan fingerprint density at radius 3 is 2.77 bits per heavy atom. The largest absolute Gasteiger partial charge is 0.378 e. The molecule has 0 spiro atoms. The summed E-state index contributed by atoms with van der Waals surface area (Å²) < 4.78 is 0. The number of H-pyrrole nitrogens is 1. The molecule has 4 rings (SSSR count). The van der Waals surface area contributed by atoms with Crippen molar-refractivity contribution in [3.8, 4) is 11.5 Å². The monoisotopic (exact) mass is 384 g/mol. The van der Waals surface area contributed by atoms with Gasteiger partial charge in [0.15, 0.2) is 11.9 Å². The van der Waals surface area contributed by atoms with Crippen LogP contribution in [0.2, 0.25) is 5.02 Å². The van der Waals surface area contributed by atoms with Gasteiger partial charge in [-0.15, -0.1) is 11.3 Å². The van der Waals surface area contributed by atoms with E-state index in [0.717, 1.165) is 11.2 Å². The molecule has 0 saturated heterocycles. The Morgan fingerprint density at radius 1 is 1.23 bits per heavy atom. The van der Waals surface area contributed by atoms with Crippen molar-refractivity contribution in [3.05, 3.63) is 63.9 Å². The van der Waals surface area contributed by atoms with Crippen LogP contribution in [0, 0.1) is 0 Å². The van der Waals surface area contributed by atoms with Gasteiger partial charge in [-0.2, -0.15) is 0 Å². The molecule has 0 fully saturated rings. The molecule has 0 radical (unpaired) electrons. The number of aliphatic hydroxyl groups is 1. The first-order chi connectivity index (χ1) is 12.6. The number of aromatic nitrogens is 3. The second kappa shape index (κ2) is 6.87. The Hall–Kier alpha value is -2.74. The first-order valence-electron chi connectivity index (χ1n) is 7.73. The van der Waals surface area contributed by atoms with Crippen molar-refractivity contribution in [1.82, 2.24) is 15.0 Å². The molecule has 2 aromatic carbocycles. The van der Waals surface area contributed by atoms with E-state index < -0.39 is 12.0 Å². The maximum absolute atomic E-state index is 12.3. The van der Waals surface area contributed by atoms with Gasteiger partial charge in [0.2, 0.25) is 0 Å². The predicted molar refractivity (Wildman–Crippen MR) is 102 cm³/mol. The number of hydrogen-bond acceptors (Lipinski definition) is 5. The van der Waals surface area contributed by atoms with Crippen LogP contribution in [0.15, 0.2) is 53.4 Å². The van der Waals surface area contributed by atoms with Gasteiger partial charge >= 0.3 is 0 Å². The summed E-state index contributed by atoms with van der Waals surface area (Å²) in [5, 5.41) is 15.3. The number of nitrogens with one attached hydrogen (secondary N) is 2. The average molecular weight is 385 g/mol. The van der Waals surface area contributed by atoms with E-state index in [0.29, 0.717) is 27.6 Å². The number of fused-ring (bicyclic) bond motifs is 1. The summed E-state index contributed by atoms with van der Waals surface area (Å²) in [5.41, 5.74) is 5.07. The van der Waals surface area contributed by atoms with Gasteiger partial charge < -0.3 is 15.4 Å². The van der Waals surface area contributed by atoms with Gasteiger partial charge in [-0.05, 0) is 35.9 Å². The van der Waals surface area contributed by atoms with Crippen LogP contribution in [-0.2, 0) is 4.79 Å². The lowest BCUT2D eigenvalue weighted by Crippen LogP contribution is -2.20. The summed E-state index contributed by atoms with van der Waals surface area (Å²) in [5.74, 6) is 0.146. The van der Waals surface area contributed by atoms with Crippen LogP contribution in [0.25, 0.3) is 22.6 Å². The number of rotatable bonds is 4. The van der Waals surface area contributed by atoms with E-state index in [1.165, 1.54) is 11.3 Å². The van der Waals surface area contributed by atoms with Gasteiger partial charge in [0.05, 0.1) is 16.5 Å². The Kier molecular flexibility index (Phi) is 4.42. The average Bonchev–Trinajstić information content (AvgIpc) is 3.30. The normalized spacial score (nSPS) is 12.2. The van der Waals surface area contributed by atoms with E-state index in [1.807, 2.05) is 11.4 Å². The van der Waals surface area contributed by atoms with Crippen molar-refractivity contribution in [2.75, 3.05) is 5.32 Å². The van der Waals surface area contributed by atoms with Crippen molar-refractivity contribution in [3.63, 3.8) is 0 Å². The van der Waals surface area contributed by atoms with Gasteiger partial charge in [0.1, 0.15) is 5.69 Å². The van der Waals surface area contributed by atoms with Crippen LogP contribution in [0.3, 0.4) is 0 Å². The highest BCUT2D eigenvalue weighted by molar-refractivity contribution is 7.07. The van der Waals surface area contributed by atoms with Crippen LogP contribution in [0.1, 0.15) is 11.7 Å². The number of hydrogen-bond donors (Lipinski definition) is 3. The molecule has 0 bridgehead atoms. The van der Waals surface area contributed by atoms with Crippen molar-refractivity contribution >= 4 is 45.6 Å². The second-order valence-corrected chi connectivity index (χ2v) is 6.79. The highest BCUT2D eigenvalue weighted by Gasteiger charge is 2.18. The zero-order valence-electron chi connectivity index (χ0n) is 13.3. The molecule has 1 amide bonds. The standard InChI is InChI=1S/C18H13ClN4O2S/c19-11-3-1-10(2-4-11)16(24)18(25)21-12-5-6-13-14(7-12)23-17(22-13)15-8-26-9-20-15/h1-9,16,24H,(H,21,25)(H,22,23)/t16-/m1/s1. The number of carbonyl (C=O) groups excluding carboxylic acids is 1. The third-order valence-electron chi connectivity index (χ3n) is 3.86. The molecule has 2 aromatic heterocycles.